The summed E-state index contributed by atoms with van der Waals surface area (Å²) in [4.78, 5) is 5.43. The van der Waals surface area contributed by atoms with Crippen LogP contribution in [-0.4, -0.2) is 4.98 Å². The Morgan fingerprint density at radius 3 is 1.41 bits per heavy atom. The lowest BCUT2D eigenvalue weighted by Gasteiger charge is -2.20. The Kier molecular flexibility index (Phi) is 8.85. The highest BCUT2D eigenvalue weighted by Crippen LogP contribution is 2.47. The molecule has 63 heavy (non-hydrogen) atoms. The van der Waals surface area contributed by atoms with Crippen LogP contribution in [0.25, 0.3) is 116 Å². The molecule has 12 rings (SSSR count). The van der Waals surface area contributed by atoms with E-state index in [1.807, 2.05) is 0 Å². The number of nitrogens with zero attached hydrogens (tertiary/aromatic N) is 1. The van der Waals surface area contributed by atoms with Gasteiger partial charge in [-0.1, -0.05) is 206 Å². The van der Waals surface area contributed by atoms with Gasteiger partial charge < -0.3 is 0 Å². The summed E-state index contributed by atoms with van der Waals surface area (Å²) in [6.45, 7) is 0. The number of aromatic nitrogens is 1. The highest BCUT2D eigenvalue weighted by molar-refractivity contribution is 6.24. The zero-order chi connectivity index (χ0) is 41.7. The lowest BCUT2D eigenvalue weighted by molar-refractivity contribution is 1.38. The average Bonchev–Trinajstić information content (AvgIpc) is 3.59. The number of pyridine rings is 1. The molecule has 0 amide bonds. The topological polar surface area (TPSA) is 12.9 Å². The molecule has 0 bridgehead atoms. The van der Waals surface area contributed by atoms with Crippen LogP contribution < -0.4 is 10.4 Å². The minimum Gasteiger partial charge on any atom is -0.246 e. The smallest absolute Gasteiger partial charge is 0.0865 e. The molecule has 11 aromatic rings. The van der Waals surface area contributed by atoms with Crippen molar-refractivity contribution >= 4 is 60.6 Å². The van der Waals surface area contributed by atoms with E-state index in [1.54, 1.807) is 0 Å². The summed E-state index contributed by atoms with van der Waals surface area (Å²) in [6, 6.07) is 79.1. The highest BCUT2D eigenvalue weighted by atomic mass is 14.7. The summed E-state index contributed by atoms with van der Waals surface area (Å²) in [7, 11) is 0. The van der Waals surface area contributed by atoms with Crippen molar-refractivity contribution in [2.45, 2.75) is 0 Å². The Hall–Kier alpha value is -8.35. The molecule has 10 aromatic carbocycles. The largest absolute Gasteiger partial charge is 0.246 e. The molecule has 0 saturated carbocycles. The Morgan fingerprint density at radius 1 is 0.333 bits per heavy atom. The van der Waals surface area contributed by atoms with Crippen LogP contribution >= 0.6 is 0 Å². The summed E-state index contributed by atoms with van der Waals surface area (Å²) in [5, 5.41) is 10.5. The van der Waals surface area contributed by atoms with Gasteiger partial charge >= 0.3 is 0 Å². The quantitative estimate of drug-likeness (QED) is 0.153. The molecule has 0 unspecified atom stereocenters. The molecule has 0 aliphatic heterocycles. The molecule has 0 radical (unpaired) electrons. The fraction of sp³-hybridized carbons (Fsp3) is 0. The van der Waals surface area contributed by atoms with Crippen molar-refractivity contribution in [1.29, 1.82) is 0 Å². The average molecular weight is 798 g/mol. The van der Waals surface area contributed by atoms with E-state index in [-0.39, 0.29) is 0 Å². The molecule has 0 saturated heterocycles. The van der Waals surface area contributed by atoms with Crippen molar-refractivity contribution in [3.8, 4) is 55.8 Å². The van der Waals surface area contributed by atoms with Crippen LogP contribution in [0.1, 0.15) is 5.56 Å². The van der Waals surface area contributed by atoms with Gasteiger partial charge in [0.15, 0.2) is 0 Å². The van der Waals surface area contributed by atoms with Crippen LogP contribution in [0, 0.1) is 0 Å². The summed E-state index contributed by atoms with van der Waals surface area (Å²) >= 11 is 0. The van der Waals surface area contributed by atoms with Gasteiger partial charge in [0, 0.05) is 10.9 Å². The van der Waals surface area contributed by atoms with Crippen molar-refractivity contribution in [2.75, 3.05) is 0 Å². The van der Waals surface area contributed by atoms with Gasteiger partial charge in [-0.25, -0.2) is 4.98 Å². The van der Waals surface area contributed by atoms with E-state index >= 15 is 0 Å². The van der Waals surface area contributed by atoms with Gasteiger partial charge in [0.05, 0.1) is 16.4 Å². The zero-order valence-electron chi connectivity index (χ0n) is 34.5. The van der Waals surface area contributed by atoms with Crippen LogP contribution in [0.2, 0.25) is 0 Å². The second kappa shape index (κ2) is 15.3. The Bertz CT molecular complexity index is 3690. The van der Waals surface area contributed by atoms with E-state index in [2.05, 4.69) is 242 Å². The molecule has 0 spiro atoms. The maximum Gasteiger partial charge on any atom is 0.0865 e. The number of hydrogen-bond donors (Lipinski definition) is 0. The van der Waals surface area contributed by atoms with Gasteiger partial charge in [-0.05, 0) is 124 Å². The number of hydrogen-bond acceptors (Lipinski definition) is 1. The van der Waals surface area contributed by atoms with E-state index in [1.165, 1.54) is 82.4 Å². The summed E-state index contributed by atoms with van der Waals surface area (Å²) in [5.74, 6) is 0. The maximum absolute atomic E-state index is 5.43. The van der Waals surface area contributed by atoms with E-state index in [0.29, 0.717) is 0 Å². The lowest BCUT2D eigenvalue weighted by Crippen LogP contribution is -2.24. The maximum atomic E-state index is 5.43. The molecular formula is C62H39N. The lowest BCUT2D eigenvalue weighted by atomic mass is 9.83. The van der Waals surface area contributed by atoms with Crippen LogP contribution in [0.15, 0.2) is 231 Å². The van der Waals surface area contributed by atoms with Crippen LogP contribution in [0.4, 0.5) is 0 Å². The third kappa shape index (κ3) is 6.39. The Labute approximate surface area is 366 Å². The first-order chi connectivity index (χ1) is 31.2. The minimum absolute atomic E-state index is 0.943. The van der Waals surface area contributed by atoms with Gasteiger partial charge in [0.2, 0.25) is 0 Å². The second-order valence-electron chi connectivity index (χ2n) is 16.3. The Morgan fingerprint density at radius 2 is 0.810 bits per heavy atom. The summed E-state index contributed by atoms with van der Waals surface area (Å²) in [6.07, 6.45) is 6.46. The van der Waals surface area contributed by atoms with Crippen molar-refractivity contribution < 1.29 is 0 Å². The zero-order valence-corrected chi connectivity index (χ0v) is 34.5. The minimum atomic E-state index is 0.943. The van der Waals surface area contributed by atoms with Crippen molar-refractivity contribution in [3.63, 3.8) is 0 Å². The summed E-state index contributed by atoms with van der Waals surface area (Å²) in [5.41, 5.74) is 18.6. The van der Waals surface area contributed by atoms with Gasteiger partial charge in [-0.3, -0.25) is 0 Å². The monoisotopic (exact) mass is 797 g/mol. The first-order valence-corrected chi connectivity index (χ1v) is 21.6. The molecule has 0 atom stereocenters. The van der Waals surface area contributed by atoms with E-state index in [4.69, 9.17) is 4.98 Å². The fourth-order valence-electron chi connectivity index (χ4n) is 9.67. The van der Waals surface area contributed by atoms with Crippen LogP contribution in [-0.2, 0) is 0 Å². The number of allylic oxidation sites excluding steroid dienone is 3. The molecule has 0 fully saturated rings. The molecular weight excluding hydrogens is 759 g/mol. The molecule has 1 aliphatic rings. The van der Waals surface area contributed by atoms with Gasteiger partial charge in [0.1, 0.15) is 0 Å². The Balaban J connectivity index is 1.06. The predicted molar refractivity (Wildman–Crippen MR) is 268 cm³/mol. The van der Waals surface area contributed by atoms with E-state index in [9.17, 15) is 0 Å². The number of fused-ring (bicyclic) bond motifs is 6. The van der Waals surface area contributed by atoms with E-state index < -0.39 is 0 Å². The molecule has 1 heterocycles. The first kappa shape index (κ1) is 36.5. The van der Waals surface area contributed by atoms with Crippen molar-refractivity contribution in [3.05, 3.63) is 247 Å². The van der Waals surface area contributed by atoms with E-state index in [0.717, 1.165) is 38.2 Å². The normalized spacial score (nSPS) is 12.2. The van der Waals surface area contributed by atoms with Gasteiger partial charge in [0.25, 0.3) is 0 Å². The molecule has 0 N–H and O–H groups in total. The second-order valence-corrected chi connectivity index (χ2v) is 16.3. The fourth-order valence-corrected chi connectivity index (χ4v) is 9.67. The number of rotatable bonds is 6. The predicted octanol–water partition coefficient (Wildman–Crippen LogP) is 14.8. The molecule has 1 aliphatic carbocycles. The van der Waals surface area contributed by atoms with Crippen LogP contribution in [0.5, 0.6) is 0 Å². The SMILES string of the molecule is C1=CC(c2ccccc2)=CC=c2ccc3ccc(-c4ccc(-c5c6ccccc6c(-c6cc(-c7ccccc7)cc(-c7ccccc7)c6)c6ccccc56)c5ccccc45)nc3c2=1. The summed E-state index contributed by atoms with van der Waals surface area (Å²) < 4.78 is 0. The first-order valence-electron chi connectivity index (χ1n) is 21.6. The third-order valence-corrected chi connectivity index (χ3v) is 12.7. The molecule has 1 heteroatoms. The molecule has 292 valence electrons. The highest BCUT2D eigenvalue weighted by Gasteiger charge is 2.20. The standard InChI is InChI=1S/C62H39N/c1-4-16-41(17-5-1)44-28-29-45-30-31-46-33-37-59(63-62(46)50(45)34-32-44)53-35-36-58(52-23-11-10-22-51(52)53)61-56-26-14-12-24-54(56)60(55-25-13-15-27-57(55)61)49-39-47(42-18-6-2-7-19-42)38-48(40-49)43-20-8-3-9-21-43/h1-33,35-40H. The third-order valence-electron chi connectivity index (χ3n) is 12.7. The van der Waals surface area contributed by atoms with Crippen molar-refractivity contribution in [1.82, 2.24) is 4.98 Å². The van der Waals surface area contributed by atoms with Gasteiger partial charge in [-0.2, -0.15) is 0 Å². The van der Waals surface area contributed by atoms with Crippen LogP contribution in [0.3, 0.4) is 0 Å². The van der Waals surface area contributed by atoms with Crippen molar-refractivity contribution in [2.24, 2.45) is 0 Å². The van der Waals surface area contributed by atoms with Gasteiger partial charge in [-0.15, -0.1) is 5.73 Å². The molecule has 1 aromatic heterocycles. The number of benzene rings is 10. The molecule has 1 nitrogen and oxygen atoms in total.